The number of morpholine rings is 1. The van der Waals surface area contributed by atoms with E-state index in [1.165, 1.54) is 0 Å². The first-order valence-electron chi connectivity index (χ1n) is 6.59. The fourth-order valence-corrected chi connectivity index (χ4v) is 2.18. The molecule has 0 amide bonds. The first kappa shape index (κ1) is 12.9. The summed E-state index contributed by atoms with van der Waals surface area (Å²) in [5, 5.41) is 4.04. The molecule has 6 nitrogen and oxygen atoms in total. The lowest BCUT2D eigenvalue weighted by Crippen LogP contribution is -2.36. The smallest absolute Gasteiger partial charge is 0.266 e. The standard InChI is InChI=1S/C14H17N3O3/c1-10-3-4-11(9-12(10)18-2)13-15-14(16-20-13)17-5-7-19-8-6-17/h3-4,9H,5-8H2,1-2H3. The normalized spacial score (nSPS) is 15.4. The Balaban J connectivity index is 1.85. The number of aryl methyl sites for hydroxylation is 1. The van der Waals surface area contributed by atoms with Crippen molar-refractivity contribution in [2.45, 2.75) is 6.92 Å². The highest BCUT2D eigenvalue weighted by Gasteiger charge is 2.18. The van der Waals surface area contributed by atoms with Gasteiger partial charge in [-0.05, 0) is 29.8 Å². The van der Waals surface area contributed by atoms with Gasteiger partial charge in [-0.15, -0.1) is 0 Å². The van der Waals surface area contributed by atoms with Crippen LogP contribution < -0.4 is 9.64 Å². The zero-order valence-corrected chi connectivity index (χ0v) is 11.6. The van der Waals surface area contributed by atoms with Crippen LogP contribution >= 0.6 is 0 Å². The van der Waals surface area contributed by atoms with E-state index in [1.807, 2.05) is 25.1 Å². The van der Waals surface area contributed by atoms with Gasteiger partial charge in [0.05, 0.1) is 20.3 Å². The van der Waals surface area contributed by atoms with Crippen molar-refractivity contribution in [3.63, 3.8) is 0 Å². The molecular weight excluding hydrogens is 258 g/mol. The summed E-state index contributed by atoms with van der Waals surface area (Å²) in [5.41, 5.74) is 1.93. The maximum absolute atomic E-state index is 5.34. The van der Waals surface area contributed by atoms with E-state index >= 15 is 0 Å². The second kappa shape index (κ2) is 5.50. The van der Waals surface area contributed by atoms with Gasteiger partial charge in [-0.2, -0.15) is 4.98 Å². The molecule has 1 fully saturated rings. The van der Waals surface area contributed by atoms with Crippen molar-refractivity contribution < 1.29 is 14.0 Å². The molecule has 106 valence electrons. The van der Waals surface area contributed by atoms with E-state index in [9.17, 15) is 0 Å². The van der Waals surface area contributed by atoms with Gasteiger partial charge in [0.1, 0.15) is 5.75 Å². The lowest BCUT2D eigenvalue weighted by atomic mass is 10.1. The van der Waals surface area contributed by atoms with E-state index in [0.29, 0.717) is 25.1 Å². The second-order valence-electron chi connectivity index (χ2n) is 4.68. The third-order valence-electron chi connectivity index (χ3n) is 3.36. The van der Waals surface area contributed by atoms with Crippen LogP contribution in [-0.2, 0) is 4.74 Å². The summed E-state index contributed by atoms with van der Waals surface area (Å²) in [6.45, 7) is 4.96. The van der Waals surface area contributed by atoms with E-state index in [4.69, 9.17) is 14.0 Å². The molecule has 2 aromatic rings. The number of anilines is 1. The Bertz CT molecular complexity index is 591. The van der Waals surface area contributed by atoms with Crippen molar-refractivity contribution in [1.29, 1.82) is 0 Å². The van der Waals surface area contributed by atoms with Crippen LogP contribution in [0.1, 0.15) is 5.56 Å². The summed E-state index contributed by atoms with van der Waals surface area (Å²) in [4.78, 5) is 6.50. The van der Waals surface area contributed by atoms with Crippen LogP contribution in [0.25, 0.3) is 11.5 Å². The molecular formula is C14H17N3O3. The maximum Gasteiger partial charge on any atom is 0.266 e. The molecule has 0 saturated carbocycles. The van der Waals surface area contributed by atoms with Crippen LogP contribution in [0.4, 0.5) is 5.95 Å². The molecule has 1 aliphatic rings. The van der Waals surface area contributed by atoms with Crippen molar-refractivity contribution in [1.82, 2.24) is 10.1 Å². The van der Waals surface area contributed by atoms with Crippen LogP contribution in [0.3, 0.4) is 0 Å². The van der Waals surface area contributed by atoms with Crippen LogP contribution in [0.2, 0.25) is 0 Å². The highest BCUT2D eigenvalue weighted by Crippen LogP contribution is 2.27. The van der Waals surface area contributed by atoms with Gasteiger partial charge in [-0.25, -0.2) is 0 Å². The number of rotatable bonds is 3. The second-order valence-corrected chi connectivity index (χ2v) is 4.68. The molecule has 0 atom stereocenters. The van der Waals surface area contributed by atoms with Gasteiger partial charge in [-0.3, -0.25) is 0 Å². The van der Waals surface area contributed by atoms with Crippen LogP contribution in [-0.4, -0.2) is 43.6 Å². The van der Waals surface area contributed by atoms with E-state index < -0.39 is 0 Å². The molecule has 1 saturated heterocycles. The lowest BCUT2D eigenvalue weighted by molar-refractivity contribution is 0.121. The molecule has 3 rings (SSSR count). The molecule has 0 N–H and O–H groups in total. The Morgan fingerprint density at radius 1 is 1.25 bits per heavy atom. The van der Waals surface area contributed by atoms with Crippen molar-refractivity contribution >= 4 is 5.95 Å². The first-order valence-corrected chi connectivity index (χ1v) is 6.59. The molecule has 0 radical (unpaired) electrons. The van der Waals surface area contributed by atoms with Crippen molar-refractivity contribution in [2.75, 3.05) is 38.3 Å². The van der Waals surface area contributed by atoms with Gasteiger partial charge >= 0.3 is 0 Å². The molecule has 1 aromatic carbocycles. The minimum Gasteiger partial charge on any atom is -0.496 e. The predicted octanol–water partition coefficient (Wildman–Crippen LogP) is 1.89. The van der Waals surface area contributed by atoms with E-state index in [0.717, 1.165) is 30.0 Å². The van der Waals surface area contributed by atoms with Gasteiger partial charge < -0.3 is 18.9 Å². The van der Waals surface area contributed by atoms with Crippen molar-refractivity contribution in [3.8, 4) is 17.2 Å². The molecule has 1 aliphatic heterocycles. The van der Waals surface area contributed by atoms with Gasteiger partial charge in [0.15, 0.2) is 0 Å². The summed E-state index contributed by atoms with van der Waals surface area (Å²) in [7, 11) is 1.65. The highest BCUT2D eigenvalue weighted by molar-refractivity contribution is 5.58. The Morgan fingerprint density at radius 2 is 2.05 bits per heavy atom. The van der Waals surface area contributed by atoms with Gasteiger partial charge in [-0.1, -0.05) is 6.07 Å². The maximum atomic E-state index is 5.34. The number of hydrogen-bond donors (Lipinski definition) is 0. The first-order chi connectivity index (χ1) is 9.78. The van der Waals surface area contributed by atoms with Crippen LogP contribution in [0.5, 0.6) is 5.75 Å². The van der Waals surface area contributed by atoms with Crippen LogP contribution in [0, 0.1) is 6.92 Å². The molecule has 6 heteroatoms. The van der Waals surface area contributed by atoms with Gasteiger partial charge in [0.2, 0.25) is 0 Å². The molecule has 0 spiro atoms. The summed E-state index contributed by atoms with van der Waals surface area (Å²) in [6, 6.07) is 5.84. The molecule has 0 aliphatic carbocycles. The summed E-state index contributed by atoms with van der Waals surface area (Å²) >= 11 is 0. The number of nitrogens with zero attached hydrogens (tertiary/aromatic N) is 3. The number of methoxy groups -OCH3 is 1. The predicted molar refractivity (Wildman–Crippen MR) is 74.1 cm³/mol. The molecule has 0 bridgehead atoms. The minimum absolute atomic E-state index is 0.504. The minimum atomic E-state index is 0.504. The molecule has 20 heavy (non-hydrogen) atoms. The van der Waals surface area contributed by atoms with Crippen molar-refractivity contribution in [3.05, 3.63) is 23.8 Å². The van der Waals surface area contributed by atoms with Gasteiger partial charge in [0.25, 0.3) is 11.8 Å². The van der Waals surface area contributed by atoms with E-state index in [2.05, 4.69) is 15.0 Å². The topological polar surface area (TPSA) is 60.6 Å². The largest absolute Gasteiger partial charge is 0.496 e. The number of hydrogen-bond acceptors (Lipinski definition) is 6. The number of benzene rings is 1. The zero-order valence-electron chi connectivity index (χ0n) is 11.6. The Hall–Kier alpha value is -2.08. The number of ether oxygens (including phenoxy) is 2. The van der Waals surface area contributed by atoms with Crippen LogP contribution in [0.15, 0.2) is 22.7 Å². The highest BCUT2D eigenvalue weighted by atomic mass is 16.5. The SMILES string of the molecule is COc1cc(-c2nc(N3CCOCC3)no2)ccc1C. The average Bonchev–Trinajstić information content (AvgIpc) is 2.98. The molecule has 1 aromatic heterocycles. The summed E-state index contributed by atoms with van der Waals surface area (Å²) < 4.78 is 16.0. The van der Waals surface area contributed by atoms with E-state index in [1.54, 1.807) is 7.11 Å². The quantitative estimate of drug-likeness (QED) is 0.852. The summed E-state index contributed by atoms with van der Waals surface area (Å²) in [6.07, 6.45) is 0. The Kier molecular flexibility index (Phi) is 3.56. The third-order valence-corrected chi connectivity index (χ3v) is 3.36. The monoisotopic (exact) mass is 275 g/mol. The average molecular weight is 275 g/mol. The third kappa shape index (κ3) is 2.46. The van der Waals surface area contributed by atoms with E-state index in [-0.39, 0.29) is 0 Å². The van der Waals surface area contributed by atoms with Crippen molar-refractivity contribution in [2.24, 2.45) is 0 Å². The Labute approximate surface area is 117 Å². The Morgan fingerprint density at radius 3 is 2.80 bits per heavy atom. The molecule has 2 heterocycles. The number of aromatic nitrogens is 2. The fraction of sp³-hybridized carbons (Fsp3) is 0.429. The summed E-state index contributed by atoms with van der Waals surface area (Å²) in [5.74, 6) is 1.93. The zero-order chi connectivity index (χ0) is 13.9. The molecule has 0 unspecified atom stereocenters. The fourth-order valence-electron chi connectivity index (χ4n) is 2.18. The van der Waals surface area contributed by atoms with Gasteiger partial charge in [0, 0.05) is 18.7 Å². The lowest BCUT2D eigenvalue weighted by Gasteiger charge is -2.24.